The maximum absolute atomic E-state index is 11.4. The molecule has 0 heterocycles. The summed E-state index contributed by atoms with van der Waals surface area (Å²) in [4.78, 5) is 11.4. The van der Waals surface area contributed by atoms with Crippen LogP contribution in [0.15, 0.2) is 59.1 Å². The number of amides is 2. The van der Waals surface area contributed by atoms with Gasteiger partial charge in [0.25, 0.3) is 0 Å². The van der Waals surface area contributed by atoms with Gasteiger partial charge in [-0.1, -0.05) is 12.2 Å². The lowest BCUT2D eigenvalue weighted by Gasteiger charge is -2.06. The fourth-order valence-electron chi connectivity index (χ4n) is 1.37. The summed E-state index contributed by atoms with van der Waals surface area (Å²) in [5.41, 5.74) is 7.99. The number of urea groups is 1. The van der Waals surface area contributed by atoms with Gasteiger partial charge in [-0.25, -0.2) is 4.79 Å². The third-order valence-electron chi connectivity index (χ3n) is 2.20. The third-order valence-corrected chi connectivity index (χ3v) is 2.20. The van der Waals surface area contributed by atoms with Crippen molar-refractivity contribution in [3.63, 3.8) is 0 Å². The van der Waals surface area contributed by atoms with Crippen LogP contribution in [0.2, 0.25) is 0 Å². The predicted octanol–water partition coefficient (Wildman–Crippen LogP) is 1.59. The highest BCUT2D eigenvalue weighted by molar-refractivity contribution is 5.74. The maximum Gasteiger partial charge on any atom is 0.315 e. The molecule has 0 aliphatic heterocycles. The van der Waals surface area contributed by atoms with Crippen LogP contribution in [-0.2, 0) is 0 Å². The highest BCUT2D eigenvalue weighted by Crippen LogP contribution is 2.00. The summed E-state index contributed by atoms with van der Waals surface area (Å²) in [6, 6.07) is -0.177. The van der Waals surface area contributed by atoms with Gasteiger partial charge in [-0.15, -0.1) is 11.5 Å². The number of rotatable bonds is 4. The monoisotopic (exact) mass is 212 g/mol. The van der Waals surface area contributed by atoms with Gasteiger partial charge < -0.3 is 10.6 Å². The lowest BCUT2D eigenvalue weighted by atomic mass is 10.3. The number of allylic oxidation sites excluding steroid dienone is 2. The number of hydrogen-bond acceptors (Lipinski definition) is 1. The van der Waals surface area contributed by atoms with Gasteiger partial charge >= 0.3 is 6.03 Å². The van der Waals surface area contributed by atoms with Gasteiger partial charge in [0.05, 0.1) is 13.1 Å². The molecule has 0 spiro atoms. The highest BCUT2D eigenvalue weighted by Gasteiger charge is 2.02. The Morgan fingerprint density at radius 2 is 1.50 bits per heavy atom. The van der Waals surface area contributed by atoms with Crippen molar-refractivity contribution in [2.75, 3.05) is 13.1 Å². The van der Waals surface area contributed by atoms with Gasteiger partial charge in [0.2, 0.25) is 0 Å². The minimum absolute atomic E-state index is 0.177. The second-order valence-electron chi connectivity index (χ2n) is 3.43. The highest BCUT2D eigenvalue weighted by atomic mass is 16.2. The number of nitrogens with one attached hydrogen (secondary N) is 2. The molecule has 2 aliphatic carbocycles. The molecule has 16 heavy (non-hydrogen) atoms. The second-order valence-corrected chi connectivity index (χ2v) is 3.43. The summed E-state index contributed by atoms with van der Waals surface area (Å²) in [6.45, 7) is 1.01. The fourth-order valence-corrected chi connectivity index (χ4v) is 1.37. The van der Waals surface area contributed by atoms with Crippen molar-refractivity contribution in [1.82, 2.24) is 10.6 Å². The molecule has 2 rings (SSSR count). The average Bonchev–Trinajstić information content (AvgIpc) is 2.96. The van der Waals surface area contributed by atoms with Crippen LogP contribution < -0.4 is 10.6 Å². The lowest BCUT2D eigenvalue weighted by molar-refractivity contribution is 0.242. The first-order valence-electron chi connectivity index (χ1n) is 5.11. The maximum atomic E-state index is 11.4. The molecule has 2 amide bonds. The summed E-state index contributed by atoms with van der Waals surface area (Å²) < 4.78 is 0. The first-order valence-corrected chi connectivity index (χ1v) is 5.11. The van der Waals surface area contributed by atoms with Crippen LogP contribution in [0.3, 0.4) is 0 Å². The van der Waals surface area contributed by atoms with Crippen LogP contribution in [-0.4, -0.2) is 19.1 Å². The topological polar surface area (TPSA) is 41.1 Å². The van der Waals surface area contributed by atoms with Crippen molar-refractivity contribution in [2.45, 2.75) is 0 Å². The Hall–Kier alpha value is -2.21. The standard InChI is InChI=1S/C13H12N2O/c16-13(14-9-11-5-1-2-6-11)15-10-12-7-3-4-8-12/h1-5,7H,9-10H2,(H2,14,15,16). The van der Waals surface area contributed by atoms with E-state index in [4.69, 9.17) is 0 Å². The fraction of sp³-hybridized carbons (Fsp3) is 0.154. The lowest BCUT2D eigenvalue weighted by Crippen LogP contribution is -2.37. The van der Waals surface area contributed by atoms with E-state index < -0.39 is 0 Å². The van der Waals surface area contributed by atoms with E-state index in [0.717, 1.165) is 11.1 Å². The average molecular weight is 212 g/mol. The Balaban J connectivity index is 1.68. The van der Waals surface area contributed by atoms with Crippen molar-refractivity contribution in [1.29, 1.82) is 0 Å². The molecular formula is C13H12N2O. The molecule has 0 aromatic carbocycles. The van der Waals surface area contributed by atoms with E-state index in [1.54, 1.807) is 0 Å². The van der Waals surface area contributed by atoms with E-state index >= 15 is 0 Å². The molecule has 0 unspecified atom stereocenters. The van der Waals surface area contributed by atoms with Gasteiger partial charge in [0.15, 0.2) is 0 Å². The van der Waals surface area contributed by atoms with Crippen LogP contribution in [0.1, 0.15) is 0 Å². The zero-order valence-corrected chi connectivity index (χ0v) is 8.79. The van der Waals surface area contributed by atoms with E-state index in [-0.39, 0.29) is 6.03 Å². The van der Waals surface area contributed by atoms with Crippen molar-refractivity contribution in [3.05, 3.63) is 59.1 Å². The van der Waals surface area contributed by atoms with Crippen LogP contribution in [0.25, 0.3) is 0 Å². The molecule has 2 aliphatic rings. The Morgan fingerprint density at radius 3 is 1.88 bits per heavy atom. The zero-order valence-electron chi connectivity index (χ0n) is 8.79. The van der Waals surface area contributed by atoms with Gasteiger partial charge in [-0.2, -0.15) is 0 Å². The molecule has 2 N–H and O–H groups in total. The number of hydrogen-bond donors (Lipinski definition) is 2. The van der Waals surface area contributed by atoms with Crippen molar-refractivity contribution in [2.24, 2.45) is 0 Å². The first kappa shape index (κ1) is 10.3. The second kappa shape index (κ2) is 5.04. The Bertz CT molecular complexity index is 438. The normalized spacial score (nSPS) is 15.2. The van der Waals surface area contributed by atoms with E-state index in [9.17, 15) is 4.79 Å². The van der Waals surface area contributed by atoms with Gasteiger partial charge in [0, 0.05) is 11.1 Å². The minimum Gasteiger partial charge on any atom is -0.333 e. The Labute approximate surface area is 94.2 Å². The van der Waals surface area contributed by atoms with E-state index in [1.807, 2.05) is 36.5 Å². The van der Waals surface area contributed by atoms with E-state index in [2.05, 4.69) is 22.1 Å². The summed E-state index contributed by atoms with van der Waals surface area (Å²) >= 11 is 0. The molecule has 0 saturated heterocycles. The quantitative estimate of drug-likeness (QED) is 0.683. The summed E-state index contributed by atoms with van der Waals surface area (Å²) in [5.74, 6) is 0. The molecule has 0 radical (unpaired) electrons. The zero-order chi connectivity index (χ0) is 11.2. The van der Waals surface area contributed by atoms with Crippen LogP contribution >= 0.6 is 0 Å². The van der Waals surface area contributed by atoms with Crippen molar-refractivity contribution >= 4 is 6.03 Å². The molecule has 3 heteroatoms. The molecule has 0 bridgehead atoms. The van der Waals surface area contributed by atoms with Gasteiger partial charge in [-0.3, -0.25) is 0 Å². The smallest absolute Gasteiger partial charge is 0.315 e. The summed E-state index contributed by atoms with van der Waals surface area (Å²) in [7, 11) is 0. The Kier molecular flexibility index (Phi) is 3.25. The van der Waals surface area contributed by atoms with Crippen LogP contribution in [0.4, 0.5) is 4.79 Å². The minimum atomic E-state index is -0.177. The third kappa shape index (κ3) is 2.89. The van der Waals surface area contributed by atoms with Crippen molar-refractivity contribution < 1.29 is 4.79 Å². The summed E-state index contributed by atoms with van der Waals surface area (Å²) in [5, 5.41) is 5.50. The predicted molar refractivity (Wildman–Crippen MR) is 62.9 cm³/mol. The van der Waals surface area contributed by atoms with Gasteiger partial charge in [0.1, 0.15) is 0 Å². The molecule has 0 atom stereocenters. The van der Waals surface area contributed by atoms with E-state index in [1.165, 1.54) is 0 Å². The molecule has 80 valence electrons. The molecule has 0 saturated carbocycles. The Morgan fingerprint density at radius 1 is 1.00 bits per heavy atom. The van der Waals surface area contributed by atoms with Crippen LogP contribution in [0.5, 0.6) is 0 Å². The SMILES string of the molecule is O=C(NCC1=C=CC=C1)NCC1=C=CC=C1. The molecule has 0 aromatic rings. The number of carbonyl (C=O) groups is 1. The van der Waals surface area contributed by atoms with Crippen LogP contribution in [0, 0.1) is 0 Å². The molecule has 3 nitrogen and oxygen atoms in total. The van der Waals surface area contributed by atoms with E-state index in [0.29, 0.717) is 13.1 Å². The molecular weight excluding hydrogens is 200 g/mol. The first-order chi connectivity index (χ1) is 7.84. The van der Waals surface area contributed by atoms with Crippen molar-refractivity contribution in [3.8, 4) is 0 Å². The largest absolute Gasteiger partial charge is 0.333 e. The summed E-state index contributed by atoms with van der Waals surface area (Å²) in [6.07, 6.45) is 11.3. The van der Waals surface area contributed by atoms with Gasteiger partial charge in [-0.05, 0) is 24.3 Å². The molecule has 0 aromatic heterocycles. The molecule has 0 fully saturated rings. The number of carbonyl (C=O) groups excluding carboxylic acids is 1.